The highest BCUT2D eigenvalue weighted by Gasteiger charge is 2.19. The Morgan fingerprint density at radius 1 is 0.895 bits per heavy atom. The molecule has 0 aromatic rings. The second-order valence-corrected chi connectivity index (χ2v) is 5.77. The minimum atomic E-state index is -3.98. The van der Waals surface area contributed by atoms with E-state index in [1.807, 2.05) is 0 Å². The Kier molecular flexibility index (Phi) is 11.8. The van der Waals surface area contributed by atoms with Crippen LogP contribution < -0.4 is 0 Å². The van der Waals surface area contributed by atoms with Crippen LogP contribution in [0.3, 0.4) is 0 Å². The number of hydrogen-bond donors (Lipinski definition) is 1. The lowest BCUT2D eigenvalue weighted by Gasteiger charge is -2.07. The highest BCUT2D eigenvalue weighted by Crippen LogP contribution is 2.43. The van der Waals surface area contributed by atoms with E-state index in [-0.39, 0.29) is 0 Å². The molecule has 0 spiro atoms. The van der Waals surface area contributed by atoms with Crippen molar-refractivity contribution < 1.29 is 18.5 Å². The van der Waals surface area contributed by atoms with Crippen LogP contribution in [-0.2, 0) is 13.6 Å². The van der Waals surface area contributed by atoms with E-state index in [4.69, 9.17) is 9.05 Å². The minimum absolute atomic E-state index is 0.848. The van der Waals surface area contributed by atoms with Gasteiger partial charge in [0.2, 0.25) is 0 Å². The summed E-state index contributed by atoms with van der Waals surface area (Å²) >= 11 is 0. The fourth-order valence-corrected chi connectivity index (χ4v) is 1.95. The van der Waals surface area contributed by atoms with Crippen molar-refractivity contribution in [3.05, 3.63) is 24.7 Å². The second kappa shape index (κ2) is 12.3. The van der Waals surface area contributed by atoms with Crippen molar-refractivity contribution in [1.82, 2.24) is 0 Å². The topological polar surface area (TPSA) is 55.8 Å². The summed E-state index contributed by atoms with van der Waals surface area (Å²) in [7, 11) is -3.98. The zero-order valence-electron chi connectivity index (χ0n) is 12.1. The van der Waals surface area contributed by atoms with E-state index in [9.17, 15) is 9.46 Å². The first-order valence-corrected chi connectivity index (χ1v) is 8.61. The van der Waals surface area contributed by atoms with Gasteiger partial charge in [0.25, 0.3) is 0 Å². The SMILES string of the molecule is CCCCC/C=C/OP(=O)(O)O/C=C/CCCCC. The summed E-state index contributed by atoms with van der Waals surface area (Å²) in [5.74, 6) is 0. The van der Waals surface area contributed by atoms with E-state index in [1.54, 1.807) is 12.2 Å². The summed E-state index contributed by atoms with van der Waals surface area (Å²) in [6.07, 6.45) is 14.4. The van der Waals surface area contributed by atoms with Crippen molar-refractivity contribution in [1.29, 1.82) is 0 Å². The van der Waals surface area contributed by atoms with Crippen molar-refractivity contribution >= 4 is 7.82 Å². The van der Waals surface area contributed by atoms with Gasteiger partial charge in [0, 0.05) is 0 Å². The normalized spacial score (nSPS) is 12.4. The molecule has 19 heavy (non-hydrogen) atoms. The zero-order valence-corrected chi connectivity index (χ0v) is 13.0. The number of allylic oxidation sites excluding steroid dienone is 2. The smallest absolute Gasteiger partial charge is 0.404 e. The first kappa shape index (κ1) is 18.3. The van der Waals surface area contributed by atoms with Gasteiger partial charge >= 0.3 is 7.82 Å². The Labute approximate surface area is 117 Å². The van der Waals surface area contributed by atoms with Crippen LogP contribution in [0.4, 0.5) is 0 Å². The molecule has 0 saturated heterocycles. The first-order valence-electron chi connectivity index (χ1n) is 7.12. The van der Waals surface area contributed by atoms with Crippen LogP contribution in [0, 0.1) is 0 Å². The van der Waals surface area contributed by atoms with Gasteiger partial charge in [0.15, 0.2) is 0 Å². The Morgan fingerprint density at radius 3 is 1.68 bits per heavy atom. The van der Waals surface area contributed by atoms with Crippen LogP contribution in [-0.4, -0.2) is 4.89 Å². The zero-order chi connectivity index (χ0) is 14.4. The van der Waals surface area contributed by atoms with Crippen LogP contribution in [0.25, 0.3) is 0 Å². The molecular weight excluding hydrogens is 263 g/mol. The summed E-state index contributed by atoms with van der Waals surface area (Å²) in [6, 6.07) is 0. The van der Waals surface area contributed by atoms with Crippen molar-refractivity contribution in [3.63, 3.8) is 0 Å². The number of phosphoric acid groups is 1. The van der Waals surface area contributed by atoms with E-state index in [1.165, 1.54) is 12.5 Å². The predicted molar refractivity (Wildman–Crippen MR) is 78.6 cm³/mol. The highest BCUT2D eigenvalue weighted by atomic mass is 31.2. The Hall–Kier alpha value is -0.730. The highest BCUT2D eigenvalue weighted by molar-refractivity contribution is 7.47. The molecule has 0 fully saturated rings. The molecule has 0 amide bonds. The third-order valence-electron chi connectivity index (χ3n) is 2.53. The molecule has 5 heteroatoms. The van der Waals surface area contributed by atoms with Gasteiger partial charge in [-0.15, -0.1) is 0 Å². The lowest BCUT2D eigenvalue weighted by Crippen LogP contribution is -1.84. The minimum Gasteiger partial charge on any atom is -0.404 e. The maximum Gasteiger partial charge on any atom is 0.583 e. The molecule has 112 valence electrons. The van der Waals surface area contributed by atoms with Crippen molar-refractivity contribution in [2.75, 3.05) is 0 Å². The van der Waals surface area contributed by atoms with Crippen LogP contribution in [0.5, 0.6) is 0 Å². The van der Waals surface area contributed by atoms with Gasteiger partial charge in [0.1, 0.15) is 0 Å². The van der Waals surface area contributed by atoms with Crippen molar-refractivity contribution in [3.8, 4) is 0 Å². The summed E-state index contributed by atoms with van der Waals surface area (Å²) in [5.41, 5.74) is 0. The fraction of sp³-hybridized carbons (Fsp3) is 0.714. The molecule has 0 aliphatic carbocycles. The Morgan fingerprint density at radius 2 is 1.32 bits per heavy atom. The molecule has 0 rings (SSSR count). The van der Waals surface area contributed by atoms with E-state index in [0.717, 1.165) is 51.4 Å². The average molecular weight is 290 g/mol. The Balaban J connectivity index is 3.70. The molecule has 0 aromatic heterocycles. The van der Waals surface area contributed by atoms with Gasteiger partial charge < -0.3 is 9.05 Å². The molecule has 0 bridgehead atoms. The number of rotatable bonds is 12. The van der Waals surface area contributed by atoms with E-state index in [2.05, 4.69) is 13.8 Å². The summed E-state index contributed by atoms with van der Waals surface area (Å²) in [5, 5.41) is 0. The molecule has 0 unspecified atom stereocenters. The van der Waals surface area contributed by atoms with Gasteiger partial charge in [-0.1, -0.05) is 39.5 Å². The summed E-state index contributed by atoms with van der Waals surface area (Å²) in [4.78, 5) is 9.33. The van der Waals surface area contributed by atoms with Crippen molar-refractivity contribution in [2.24, 2.45) is 0 Å². The lowest BCUT2D eigenvalue weighted by atomic mass is 10.2. The van der Waals surface area contributed by atoms with Crippen molar-refractivity contribution in [2.45, 2.75) is 65.2 Å². The summed E-state index contributed by atoms with van der Waals surface area (Å²) < 4.78 is 20.8. The van der Waals surface area contributed by atoms with Crippen LogP contribution in [0.2, 0.25) is 0 Å². The van der Waals surface area contributed by atoms with Crippen LogP contribution in [0.1, 0.15) is 65.2 Å². The fourth-order valence-electron chi connectivity index (χ4n) is 1.43. The average Bonchev–Trinajstić information content (AvgIpc) is 2.38. The third-order valence-corrected chi connectivity index (χ3v) is 3.31. The molecular formula is C14H27O4P. The monoisotopic (exact) mass is 290 g/mol. The summed E-state index contributed by atoms with van der Waals surface area (Å²) in [6.45, 7) is 4.26. The standard InChI is InChI=1S/C14H27O4P/c1-3-5-7-9-11-13-17-19(15,16)18-14-12-10-8-6-4-2/h11-14H,3-10H2,1-2H3,(H,15,16)/b13-11+,14-12+. The number of phosphoric ester groups is 1. The molecule has 0 heterocycles. The third kappa shape index (κ3) is 13.5. The Bertz CT molecular complexity index is 274. The van der Waals surface area contributed by atoms with E-state index in [0.29, 0.717) is 0 Å². The molecule has 0 atom stereocenters. The molecule has 0 radical (unpaired) electrons. The maximum absolute atomic E-state index is 11.4. The van der Waals surface area contributed by atoms with Gasteiger partial charge in [-0.25, -0.2) is 4.57 Å². The number of unbranched alkanes of at least 4 members (excludes halogenated alkanes) is 6. The second-order valence-electron chi connectivity index (χ2n) is 4.41. The van der Waals surface area contributed by atoms with E-state index < -0.39 is 7.82 Å². The van der Waals surface area contributed by atoms with E-state index >= 15 is 0 Å². The predicted octanol–water partition coefficient (Wildman–Crippen LogP) is 5.31. The lowest BCUT2D eigenvalue weighted by molar-refractivity contribution is 0.243. The molecule has 0 aliphatic heterocycles. The quantitative estimate of drug-likeness (QED) is 0.301. The van der Waals surface area contributed by atoms with Gasteiger partial charge in [-0.3, -0.25) is 4.89 Å². The maximum atomic E-state index is 11.4. The van der Waals surface area contributed by atoms with Gasteiger partial charge in [0.05, 0.1) is 12.5 Å². The van der Waals surface area contributed by atoms with Gasteiger partial charge in [-0.05, 0) is 37.8 Å². The molecule has 4 nitrogen and oxygen atoms in total. The van der Waals surface area contributed by atoms with Gasteiger partial charge in [-0.2, -0.15) is 0 Å². The molecule has 0 aromatic carbocycles. The molecule has 1 N–H and O–H groups in total. The van der Waals surface area contributed by atoms with Crippen LogP contribution >= 0.6 is 7.82 Å². The largest absolute Gasteiger partial charge is 0.583 e. The number of hydrogen-bond acceptors (Lipinski definition) is 3. The molecule has 0 aliphatic rings. The first-order chi connectivity index (χ1) is 9.12. The molecule has 0 saturated carbocycles. The van der Waals surface area contributed by atoms with Crippen LogP contribution in [0.15, 0.2) is 24.7 Å².